The molecule has 0 heterocycles. The van der Waals surface area contributed by atoms with Gasteiger partial charge in [-0.2, -0.15) is 0 Å². The Bertz CT molecular complexity index is 788. The topological polar surface area (TPSA) is 52.8 Å². The molecule has 0 aromatic heterocycles. The van der Waals surface area contributed by atoms with Crippen LogP contribution in [0, 0.1) is 46.3 Å². The lowest BCUT2D eigenvalue weighted by molar-refractivity contribution is -0.153. The Morgan fingerprint density at radius 2 is 1.79 bits per heavy atom. The van der Waals surface area contributed by atoms with Gasteiger partial charge in [0.25, 0.3) is 0 Å². The van der Waals surface area contributed by atoms with Gasteiger partial charge in [0.05, 0.1) is 11.7 Å². The molecule has 3 nitrogen and oxygen atoms in total. The van der Waals surface area contributed by atoms with E-state index < -0.39 is 11.7 Å². The molecule has 33 heavy (non-hydrogen) atoms. The second-order valence-electron chi connectivity index (χ2n) is 12.9. The van der Waals surface area contributed by atoms with Gasteiger partial charge in [0.1, 0.15) is 0 Å². The summed E-state index contributed by atoms with van der Waals surface area (Å²) in [4.78, 5) is 3.77. The van der Waals surface area contributed by atoms with Crippen molar-refractivity contribution < 1.29 is 10.2 Å². The number of hydrogen-bond acceptors (Lipinski definition) is 3. The summed E-state index contributed by atoms with van der Waals surface area (Å²) in [5.74, 6) is 4.03. The van der Waals surface area contributed by atoms with E-state index in [1.54, 1.807) is 6.20 Å². The van der Waals surface area contributed by atoms with Crippen molar-refractivity contribution in [1.29, 1.82) is 0 Å². The maximum Gasteiger partial charge on any atom is 0.0778 e. The Kier molecular flexibility index (Phi) is 7.07. The maximum absolute atomic E-state index is 11.2. The quantitative estimate of drug-likeness (QED) is 0.336. The van der Waals surface area contributed by atoms with Crippen molar-refractivity contribution in [3.63, 3.8) is 0 Å². The average molecular weight is 456 g/mol. The lowest BCUT2D eigenvalue weighted by Crippen LogP contribution is -2.56. The highest BCUT2D eigenvalue weighted by molar-refractivity contribution is 5.26. The fourth-order valence-electron chi connectivity index (χ4n) is 9.54. The van der Waals surface area contributed by atoms with Crippen molar-refractivity contribution in [2.24, 2.45) is 51.3 Å². The van der Waals surface area contributed by atoms with Crippen LogP contribution in [0.4, 0.5) is 0 Å². The third kappa shape index (κ3) is 4.20. The zero-order valence-electron chi connectivity index (χ0n) is 21.9. The fraction of sp³-hybridized carbons (Fsp3) is 0.833. The van der Waals surface area contributed by atoms with Crippen LogP contribution in [-0.2, 0) is 0 Å². The Hall–Kier alpha value is -0.930. The first-order valence-corrected chi connectivity index (χ1v) is 13.8. The third-order valence-corrected chi connectivity index (χ3v) is 11.7. The van der Waals surface area contributed by atoms with E-state index in [0.717, 1.165) is 42.6 Å². The van der Waals surface area contributed by atoms with Crippen molar-refractivity contribution in [2.75, 3.05) is 0 Å². The van der Waals surface area contributed by atoms with Crippen molar-refractivity contribution in [3.8, 4) is 0 Å². The third-order valence-electron chi connectivity index (χ3n) is 11.7. The SMILES string of the molecule is C=N/C=C\C=C(/C)[C@@H](O)[C@@H](C)[C@H]1CC[C@H]2[C@@H]3CC[C@H]4C[C@](O)(CC)CC[C@]4(C)[C@H]3CC[C@]12C. The van der Waals surface area contributed by atoms with Crippen molar-refractivity contribution in [1.82, 2.24) is 0 Å². The van der Waals surface area contributed by atoms with Gasteiger partial charge in [0.2, 0.25) is 0 Å². The summed E-state index contributed by atoms with van der Waals surface area (Å²) < 4.78 is 0. The summed E-state index contributed by atoms with van der Waals surface area (Å²) in [6.07, 6.45) is 17.2. The summed E-state index contributed by atoms with van der Waals surface area (Å²) in [7, 11) is 0. The average Bonchev–Trinajstić information content (AvgIpc) is 3.16. The summed E-state index contributed by atoms with van der Waals surface area (Å²) in [5, 5.41) is 22.2. The highest BCUT2D eigenvalue weighted by Crippen LogP contribution is 2.69. The summed E-state index contributed by atoms with van der Waals surface area (Å²) in [5.41, 5.74) is 1.39. The van der Waals surface area contributed by atoms with Gasteiger partial charge in [-0.05, 0) is 136 Å². The highest BCUT2D eigenvalue weighted by Gasteiger charge is 2.61. The monoisotopic (exact) mass is 455 g/mol. The second-order valence-corrected chi connectivity index (χ2v) is 12.9. The minimum atomic E-state index is -0.410. The van der Waals surface area contributed by atoms with Crippen LogP contribution in [0.5, 0.6) is 0 Å². The van der Waals surface area contributed by atoms with Crippen LogP contribution in [0.2, 0.25) is 0 Å². The van der Waals surface area contributed by atoms with Gasteiger partial charge >= 0.3 is 0 Å². The lowest BCUT2D eigenvalue weighted by Gasteiger charge is -2.62. The summed E-state index contributed by atoms with van der Waals surface area (Å²) in [6.45, 7) is 15.1. The molecule has 0 spiro atoms. The van der Waals surface area contributed by atoms with E-state index in [1.807, 2.05) is 19.1 Å². The standard InChI is InChI=1S/C30H49NO2/c1-7-30(33)17-16-28(4)22(19-30)10-11-23-25-13-12-24(29(25,5)15-14-26(23)28)21(3)27(32)20(2)9-8-18-31-6/h8-9,18,21-27,32-33H,6-7,10-17,19H2,1-5H3/b18-8-,20-9+/t21-,22-,23-,24+,25-,26-,27+,28-,29+,30-/m0/s1. The zero-order chi connectivity index (χ0) is 24.0. The van der Waals surface area contributed by atoms with E-state index in [0.29, 0.717) is 22.7 Å². The molecular weight excluding hydrogens is 406 g/mol. The molecule has 10 atom stereocenters. The molecule has 0 bridgehead atoms. The van der Waals surface area contributed by atoms with Crippen LogP contribution in [0.25, 0.3) is 0 Å². The molecule has 3 heteroatoms. The Morgan fingerprint density at radius 1 is 1.06 bits per heavy atom. The van der Waals surface area contributed by atoms with Crippen LogP contribution in [-0.4, -0.2) is 28.6 Å². The second kappa shape index (κ2) is 9.26. The molecule has 0 aromatic rings. The Balaban J connectivity index is 1.51. The number of aliphatic hydroxyl groups is 2. The molecule has 0 saturated heterocycles. The van der Waals surface area contributed by atoms with E-state index in [2.05, 4.69) is 39.4 Å². The number of aliphatic hydroxyl groups excluding tert-OH is 1. The predicted molar refractivity (Wildman–Crippen MR) is 138 cm³/mol. The zero-order valence-corrected chi connectivity index (χ0v) is 21.9. The molecule has 0 aliphatic heterocycles. The first kappa shape index (κ1) is 25.2. The highest BCUT2D eigenvalue weighted by atomic mass is 16.3. The van der Waals surface area contributed by atoms with E-state index in [9.17, 15) is 10.2 Å². The van der Waals surface area contributed by atoms with Gasteiger partial charge in [0, 0.05) is 6.20 Å². The Morgan fingerprint density at radius 3 is 2.48 bits per heavy atom. The molecule has 2 N–H and O–H groups in total. The first-order valence-electron chi connectivity index (χ1n) is 13.8. The number of aliphatic imine (C=N–C) groups is 1. The first-order chi connectivity index (χ1) is 15.6. The summed E-state index contributed by atoms with van der Waals surface area (Å²) >= 11 is 0. The van der Waals surface area contributed by atoms with E-state index in [1.165, 1.54) is 44.9 Å². The maximum atomic E-state index is 11.2. The molecule has 4 fully saturated rings. The number of hydrogen-bond donors (Lipinski definition) is 2. The Labute approximate surface area is 202 Å². The van der Waals surface area contributed by atoms with Gasteiger partial charge in [-0.1, -0.05) is 33.8 Å². The van der Waals surface area contributed by atoms with Gasteiger partial charge in [-0.3, -0.25) is 4.99 Å². The van der Waals surface area contributed by atoms with Crippen LogP contribution < -0.4 is 0 Å². The molecule has 4 saturated carbocycles. The molecule has 186 valence electrons. The molecule has 0 radical (unpaired) electrons. The van der Waals surface area contributed by atoms with E-state index >= 15 is 0 Å². The summed E-state index contributed by atoms with van der Waals surface area (Å²) in [6, 6.07) is 0. The minimum absolute atomic E-state index is 0.277. The van der Waals surface area contributed by atoms with Crippen LogP contribution in [0.1, 0.15) is 98.8 Å². The fourth-order valence-corrected chi connectivity index (χ4v) is 9.54. The van der Waals surface area contributed by atoms with Crippen molar-refractivity contribution in [2.45, 2.75) is 111 Å². The molecule has 4 aliphatic carbocycles. The van der Waals surface area contributed by atoms with E-state index in [-0.39, 0.29) is 5.92 Å². The number of fused-ring (bicyclic) bond motifs is 5. The molecule has 0 unspecified atom stereocenters. The van der Waals surface area contributed by atoms with Crippen LogP contribution in [0.3, 0.4) is 0 Å². The van der Waals surface area contributed by atoms with Crippen molar-refractivity contribution in [3.05, 3.63) is 23.9 Å². The number of allylic oxidation sites excluding steroid dienone is 2. The van der Waals surface area contributed by atoms with Gasteiger partial charge in [-0.15, -0.1) is 0 Å². The lowest BCUT2D eigenvalue weighted by atomic mass is 9.43. The molecule has 4 rings (SSSR count). The van der Waals surface area contributed by atoms with Crippen molar-refractivity contribution >= 4 is 6.72 Å². The van der Waals surface area contributed by atoms with Gasteiger partial charge < -0.3 is 10.2 Å². The van der Waals surface area contributed by atoms with Crippen LogP contribution >= 0.6 is 0 Å². The largest absolute Gasteiger partial charge is 0.390 e. The molecule has 0 aromatic carbocycles. The van der Waals surface area contributed by atoms with Crippen LogP contribution in [0.15, 0.2) is 28.9 Å². The molecular formula is C30H49NO2. The number of nitrogens with zero attached hydrogens (tertiary/aromatic N) is 1. The van der Waals surface area contributed by atoms with Gasteiger partial charge in [0.15, 0.2) is 0 Å². The smallest absolute Gasteiger partial charge is 0.0778 e. The minimum Gasteiger partial charge on any atom is -0.390 e. The normalized spacial score (nSPS) is 47.5. The number of rotatable bonds is 6. The van der Waals surface area contributed by atoms with E-state index in [4.69, 9.17) is 0 Å². The molecule has 4 aliphatic rings. The van der Waals surface area contributed by atoms with Gasteiger partial charge in [-0.25, -0.2) is 0 Å². The predicted octanol–water partition coefficient (Wildman–Crippen LogP) is 6.94. The molecule has 0 amide bonds.